The molecule has 0 aliphatic carbocycles. The Bertz CT molecular complexity index is 437. The molecule has 0 aliphatic rings. The van der Waals surface area contributed by atoms with Crippen LogP contribution in [0.4, 0.5) is 0 Å². The van der Waals surface area contributed by atoms with Gasteiger partial charge in [-0.25, -0.2) is 4.98 Å². The minimum atomic E-state index is 1.10. The quantitative estimate of drug-likeness (QED) is 0.609. The summed E-state index contributed by atoms with van der Waals surface area (Å²) in [6, 6.07) is 0. The first-order valence-electron chi connectivity index (χ1n) is 4.03. The molecule has 0 saturated carbocycles. The summed E-state index contributed by atoms with van der Waals surface area (Å²) in [5.41, 5.74) is 2.47. The molecular weight excluding hydrogens is 168 g/mol. The van der Waals surface area contributed by atoms with Gasteiger partial charge in [0.2, 0.25) is 0 Å². The molecule has 0 atom stereocenters. The highest BCUT2D eigenvalue weighted by Crippen LogP contribution is 2.25. The predicted octanol–water partition coefficient (Wildman–Crippen LogP) is 2.63. The van der Waals surface area contributed by atoms with Gasteiger partial charge in [0.25, 0.3) is 0 Å². The van der Waals surface area contributed by atoms with Crippen molar-refractivity contribution in [2.45, 2.75) is 27.7 Å². The van der Waals surface area contributed by atoms with Crippen LogP contribution >= 0.6 is 11.3 Å². The summed E-state index contributed by atoms with van der Waals surface area (Å²) in [4.78, 5) is 7.11. The van der Waals surface area contributed by atoms with E-state index < -0.39 is 0 Å². The SMILES string of the molecule is Cc1sc2c(C)nc(C)n2c1C. The van der Waals surface area contributed by atoms with Crippen molar-refractivity contribution in [3.05, 3.63) is 22.1 Å². The van der Waals surface area contributed by atoms with E-state index in [2.05, 4.69) is 37.1 Å². The molecule has 0 bridgehead atoms. The molecule has 0 N–H and O–H groups in total. The third kappa shape index (κ3) is 0.829. The second-order valence-electron chi connectivity index (χ2n) is 3.13. The lowest BCUT2D eigenvalue weighted by Crippen LogP contribution is -1.88. The first-order valence-corrected chi connectivity index (χ1v) is 4.84. The van der Waals surface area contributed by atoms with Gasteiger partial charge in [-0.3, -0.25) is 4.40 Å². The lowest BCUT2D eigenvalue weighted by atomic mass is 10.4. The molecule has 2 aromatic rings. The van der Waals surface area contributed by atoms with Crippen molar-refractivity contribution in [1.29, 1.82) is 0 Å². The number of imidazole rings is 1. The van der Waals surface area contributed by atoms with Crippen molar-refractivity contribution < 1.29 is 0 Å². The van der Waals surface area contributed by atoms with Gasteiger partial charge in [-0.05, 0) is 27.7 Å². The van der Waals surface area contributed by atoms with Crippen molar-refractivity contribution in [3.8, 4) is 0 Å². The van der Waals surface area contributed by atoms with Crippen molar-refractivity contribution in [1.82, 2.24) is 9.38 Å². The summed E-state index contributed by atoms with van der Waals surface area (Å²) in [5, 5.41) is 0. The summed E-state index contributed by atoms with van der Waals surface area (Å²) in [7, 11) is 0. The van der Waals surface area contributed by atoms with Crippen molar-refractivity contribution in [2.75, 3.05) is 0 Å². The van der Waals surface area contributed by atoms with E-state index in [1.807, 2.05) is 11.3 Å². The van der Waals surface area contributed by atoms with Gasteiger partial charge in [-0.2, -0.15) is 0 Å². The maximum Gasteiger partial charge on any atom is 0.123 e. The van der Waals surface area contributed by atoms with E-state index in [1.54, 1.807) is 0 Å². The summed E-state index contributed by atoms with van der Waals surface area (Å²) in [6.07, 6.45) is 0. The largest absolute Gasteiger partial charge is 0.291 e. The van der Waals surface area contributed by atoms with Gasteiger partial charge in [-0.15, -0.1) is 11.3 Å². The Morgan fingerprint density at radius 1 is 1.17 bits per heavy atom. The van der Waals surface area contributed by atoms with Crippen LogP contribution in [0.2, 0.25) is 0 Å². The molecule has 12 heavy (non-hydrogen) atoms. The Labute approximate surface area is 75.9 Å². The minimum absolute atomic E-state index is 1.10. The van der Waals surface area contributed by atoms with E-state index in [0.717, 1.165) is 11.5 Å². The van der Waals surface area contributed by atoms with E-state index in [-0.39, 0.29) is 0 Å². The van der Waals surface area contributed by atoms with Crippen LogP contribution in [0.25, 0.3) is 4.83 Å². The van der Waals surface area contributed by atoms with Crippen molar-refractivity contribution in [2.24, 2.45) is 0 Å². The third-order valence-corrected chi connectivity index (χ3v) is 3.53. The summed E-state index contributed by atoms with van der Waals surface area (Å²) in [5.74, 6) is 1.10. The van der Waals surface area contributed by atoms with Gasteiger partial charge in [0.15, 0.2) is 0 Å². The number of fused-ring (bicyclic) bond motifs is 1. The molecule has 2 heterocycles. The molecule has 0 aliphatic heterocycles. The van der Waals surface area contributed by atoms with Crippen LogP contribution in [-0.2, 0) is 0 Å². The molecule has 0 spiro atoms. The normalized spacial score (nSPS) is 11.3. The van der Waals surface area contributed by atoms with E-state index in [9.17, 15) is 0 Å². The molecule has 2 nitrogen and oxygen atoms in total. The number of aryl methyl sites for hydroxylation is 4. The van der Waals surface area contributed by atoms with Crippen LogP contribution in [0.3, 0.4) is 0 Å². The maximum absolute atomic E-state index is 4.43. The first-order chi connectivity index (χ1) is 5.61. The van der Waals surface area contributed by atoms with E-state index in [1.165, 1.54) is 15.4 Å². The standard InChI is InChI=1S/C9H12N2S/c1-5-9-11(8(4)10-5)6(2)7(3)12-9/h1-4H3. The highest BCUT2D eigenvalue weighted by molar-refractivity contribution is 7.17. The Morgan fingerprint density at radius 2 is 1.83 bits per heavy atom. The minimum Gasteiger partial charge on any atom is -0.291 e. The first kappa shape index (κ1) is 7.80. The Balaban J connectivity index is 2.98. The molecule has 2 rings (SSSR count). The molecular formula is C9H12N2S. The summed E-state index contributed by atoms with van der Waals surface area (Å²) < 4.78 is 2.23. The topological polar surface area (TPSA) is 17.3 Å². The average Bonchev–Trinajstić information content (AvgIpc) is 2.41. The van der Waals surface area contributed by atoms with Crippen LogP contribution in [0.5, 0.6) is 0 Å². The maximum atomic E-state index is 4.43. The van der Waals surface area contributed by atoms with Crippen molar-refractivity contribution in [3.63, 3.8) is 0 Å². The molecule has 0 amide bonds. The van der Waals surface area contributed by atoms with Gasteiger partial charge in [0.05, 0.1) is 5.69 Å². The van der Waals surface area contributed by atoms with Gasteiger partial charge < -0.3 is 0 Å². The average molecular weight is 180 g/mol. The zero-order chi connectivity index (χ0) is 8.88. The number of thiazole rings is 1. The van der Waals surface area contributed by atoms with Crippen LogP contribution in [0.15, 0.2) is 0 Å². The summed E-state index contributed by atoms with van der Waals surface area (Å²) >= 11 is 1.83. The zero-order valence-electron chi connectivity index (χ0n) is 7.80. The summed E-state index contributed by atoms with van der Waals surface area (Å²) in [6.45, 7) is 8.43. The number of hydrogen-bond donors (Lipinski definition) is 0. The van der Waals surface area contributed by atoms with Gasteiger partial charge in [0.1, 0.15) is 10.7 Å². The highest BCUT2D eigenvalue weighted by atomic mass is 32.1. The van der Waals surface area contributed by atoms with Crippen LogP contribution in [0.1, 0.15) is 22.1 Å². The van der Waals surface area contributed by atoms with Crippen LogP contribution in [-0.4, -0.2) is 9.38 Å². The lowest BCUT2D eigenvalue weighted by Gasteiger charge is -1.92. The number of nitrogens with zero attached hydrogens (tertiary/aromatic N) is 2. The lowest BCUT2D eigenvalue weighted by molar-refractivity contribution is 0.998. The highest BCUT2D eigenvalue weighted by Gasteiger charge is 2.10. The molecule has 0 aromatic carbocycles. The molecule has 64 valence electrons. The Hall–Kier alpha value is -0.830. The number of aromatic nitrogens is 2. The zero-order valence-corrected chi connectivity index (χ0v) is 8.62. The molecule has 3 heteroatoms. The van der Waals surface area contributed by atoms with Gasteiger partial charge in [0, 0.05) is 10.6 Å². The fourth-order valence-corrected chi connectivity index (χ4v) is 2.62. The predicted molar refractivity (Wildman–Crippen MR) is 52.0 cm³/mol. The second-order valence-corrected chi connectivity index (χ2v) is 4.33. The molecule has 0 saturated heterocycles. The Morgan fingerprint density at radius 3 is 2.42 bits per heavy atom. The Kier molecular flexibility index (Phi) is 1.51. The number of rotatable bonds is 0. The van der Waals surface area contributed by atoms with Gasteiger partial charge in [-0.1, -0.05) is 0 Å². The van der Waals surface area contributed by atoms with Crippen molar-refractivity contribution >= 4 is 16.2 Å². The van der Waals surface area contributed by atoms with Gasteiger partial charge >= 0.3 is 0 Å². The third-order valence-electron chi connectivity index (χ3n) is 2.26. The van der Waals surface area contributed by atoms with E-state index in [0.29, 0.717) is 0 Å². The smallest absolute Gasteiger partial charge is 0.123 e. The van der Waals surface area contributed by atoms with Crippen LogP contribution in [0, 0.1) is 27.7 Å². The molecule has 0 fully saturated rings. The second kappa shape index (κ2) is 2.33. The fraction of sp³-hybridized carbons (Fsp3) is 0.444. The number of hydrogen-bond acceptors (Lipinski definition) is 2. The fourth-order valence-electron chi connectivity index (χ4n) is 1.54. The van der Waals surface area contributed by atoms with E-state index in [4.69, 9.17) is 0 Å². The molecule has 2 aromatic heterocycles. The van der Waals surface area contributed by atoms with E-state index >= 15 is 0 Å². The monoisotopic (exact) mass is 180 g/mol. The molecule has 0 unspecified atom stereocenters. The molecule has 0 radical (unpaired) electrons. The van der Waals surface area contributed by atoms with Crippen LogP contribution < -0.4 is 0 Å².